The first-order chi connectivity index (χ1) is 25.2. The average molecular weight is 657 g/mol. The lowest BCUT2D eigenvalue weighted by Gasteiger charge is -2.19. The van der Waals surface area contributed by atoms with Crippen molar-refractivity contribution >= 4 is 71.1 Å². The zero-order chi connectivity index (χ0) is 33.6. The van der Waals surface area contributed by atoms with Gasteiger partial charge in [-0.2, -0.15) is 0 Å². The van der Waals surface area contributed by atoms with Crippen LogP contribution >= 0.6 is 0 Å². The van der Waals surface area contributed by atoms with E-state index in [0.29, 0.717) is 0 Å². The fourth-order valence-corrected chi connectivity index (χ4v) is 8.38. The quantitative estimate of drug-likeness (QED) is 0.189. The van der Waals surface area contributed by atoms with Gasteiger partial charge in [-0.3, -0.25) is 4.57 Å². The van der Waals surface area contributed by atoms with Gasteiger partial charge in [-0.1, -0.05) is 78.9 Å². The van der Waals surface area contributed by atoms with Gasteiger partial charge < -0.3 is 18.9 Å². The lowest BCUT2D eigenvalue weighted by atomic mass is 10.1. The number of hydrogen-bond acceptors (Lipinski definition) is 3. The van der Waals surface area contributed by atoms with E-state index in [1.807, 2.05) is 12.3 Å². The summed E-state index contributed by atoms with van der Waals surface area (Å²) < 4.78 is 7.19. The van der Waals surface area contributed by atoms with Crippen molar-refractivity contribution in [1.82, 2.24) is 23.6 Å². The van der Waals surface area contributed by atoms with Gasteiger partial charge >= 0.3 is 0 Å². The molecule has 6 aromatic carbocycles. The molecule has 0 amide bonds. The van der Waals surface area contributed by atoms with Crippen molar-refractivity contribution < 1.29 is 0 Å². The Morgan fingerprint density at radius 1 is 0.451 bits per heavy atom. The Morgan fingerprint density at radius 3 is 1.86 bits per heavy atom. The maximum atomic E-state index is 4.96. The molecule has 242 valence electrons. The highest BCUT2D eigenvalue weighted by Crippen LogP contribution is 2.43. The van der Waals surface area contributed by atoms with Gasteiger partial charge in [0.2, 0.25) is 0 Å². The van der Waals surface area contributed by atoms with E-state index < -0.39 is 0 Å². The fourth-order valence-electron chi connectivity index (χ4n) is 8.38. The van der Waals surface area contributed by atoms with Gasteiger partial charge in [0, 0.05) is 75.0 Å². The summed E-state index contributed by atoms with van der Waals surface area (Å²) in [5, 5.41) is 7.34. The molecule has 10 aromatic rings. The van der Waals surface area contributed by atoms with Crippen molar-refractivity contribution in [3.8, 4) is 17.2 Å². The molecule has 0 aliphatic carbocycles. The molecular weight excluding hydrogens is 625 g/mol. The fraction of sp³-hybridized carbons (Fsp3) is 0.0444. The first-order valence-corrected chi connectivity index (χ1v) is 17.4. The molecule has 0 atom stereocenters. The number of fused-ring (bicyclic) bond motifs is 10. The minimum absolute atomic E-state index is 0.830. The van der Waals surface area contributed by atoms with Crippen LogP contribution in [0.2, 0.25) is 0 Å². The number of nitrogens with zero attached hydrogens (tertiary/aromatic N) is 6. The SMILES string of the molecule is CN1C=CN(c2ccc3c4ccccc4n(-c4ccc5c6ccc7c(c8ccccc8n7-c7ccccc7)c6n(-c6ccccn6)c5c4)c3c2)C1. The molecular formula is C45H32N6. The maximum Gasteiger partial charge on any atom is 0.137 e. The molecule has 6 heteroatoms. The molecule has 0 spiro atoms. The van der Waals surface area contributed by atoms with Crippen molar-refractivity contribution in [2.24, 2.45) is 0 Å². The van der Waals surface area contributed by atoms with Crippen molar-refractivity contribution in [2.45, 2.75) is 0 Å². The predicted molar refractivity (Wildman–Crippen MR) is 212 cm³/mol. The Labute approximate surface area is 293 Å². The number of pyridine rings is 1. The van der Waals surface area contributed by atoms with E-state index in [4.69, 9.17) is 4.98 Å². The summed E-state index contributed by atoms with van der Waals surface area (Å²) in [6, 6.07) is 52.7. The van der Waals surface area contributed by atoms with Crippen molar-refractivity contribution in [1.29, 1.82) is 0 Å². The highest BCUT2D eigenvalue weighted by molar-refractivity contribution is 6.26. The smallest absolute Gasteiger partial charge is 0.137 e. The molecule has 1 aliphatic heterocycles. The third-order valence-corrected chi connectivity index (χ3v) is 10.6. The van der Waals surface area contributed by atoms with Crippen molar-refractivity contribution in [3.63, 3.8) is 0 Å². The number of aromatic nitrogens is 4. The van der Waals surface area contributed by atoms with Crippen LogP contribution in [-0.2, 0) is 0 Å². The van der Waals surface area contributed by atoms with Gasteiger partial charge in [0.1, 0.15) is 5.82 Å². The third kappa shape index (κ3) is 4.01. The Bertz CT molecular complexity index is 3020. The molecule has 51 heavy (non-hydrogen) atoms. The molecule has 5 heterocycles. The van der Waals surface area contributed by atoms with Gasteiger partial charge in [-0.15, -0.1) is 0 Å². The standard InChI is InChI=1S/C45H32N6/c1-47-25-26-48(29-47)31-18-20-34-33-13-5-7-15-38(33)50(41(34)27-31)32-19-21-35-36-22-23-40-44(45(36)51(42(35)28-32)43-17-9-10-24-46-43)37-14-6-8-16-39(37)49(40)30-11-3-2-4-12-30/h2-28H,29H2,1H3. The zero-order valence-corrected chi connectivity index (χ0v) is 28.0. The minimum atomic E-state index is 0.830. The molecule has 0 unspecified atom stereocenters. The Kier molecular flexibility index (Phi) is 5.84. The first kappa shape index (κ1) is 28.1. The summed E-state index contributed by atoms with van der Waals surface area (Å²) in [4.78, 5) is 9.45. The van der Waals surface area contributed by atoms with Crippen molar-refractivity contribution in [2.75, 3.05) is 18.6 Å². The molecule has 11 rings (SSSR count). The van der Waals surface area contributed by atoms with Gasteiger partial charge in [0.05, 0.1) is 39.8 Å². The van der Waals surface area contributed by atoms with Crippen LogP contribution in [0.4, 0.5) is 5.69 Å². The molecule has 4 aromatic heterocycles. The zero-order valence-electron chi connectivity index (χ0n) is 28.0. The molecule has 1 aliphatic rings. The highest BCUT2D eigenvalue weighted by atomic mass is 15.3. The van der Waals surface area contributed by atoms with E-state index in [1.54, 1.807) is 0 Å². The van der Waals surface area contributed by atoms with Crippen LogP contribution in [0.3, 0.4) is 0 Å². The Morgan fingerprint density at radius 2 is 1.08 bits per heavy atom. The van der Waals surface area contributed by atoms with Crippen molar-refractivity contribution in [3.05, 3.63) is 164 Å². The van der Waals surface area contributed by atoms with E-state index in [-0.39, 0.29) is 0 Å². The molecule has 0 N–H and O–H groups in total. The number of anilines is 1. The predicted octanol–water partition coefficient (Wildman–Crippen LogP) is 10.6. The molecule has 0 saturated heterocycles. The van der Waals surface area contributed by atoms with Crippen LogP contribution in [-0.4, -0.2) is 37.3 Å². The second kappa shape index (κ2) is 10.6. The van der Waals surface area contributed by atoms with Gasteiger partial charge in [0.15, 0.2) is 0 Å². The summed E-state index contributed by atoms with van der Waals surface area (Å²) >= 11 is 0. The van der Waals surface area contributed by atoms with Crippen LogP contribution in [0.5, 0.6) is 0 Å². The van der Waals surface area contributed by atoms with E-state index in [9.17, 15) is 0 Å². The molecule has 0 radical (unpaired) electrons. The largest absolute Gasteiger partial charge is 0.361 e. The molecule has 0 saturated carbocycles. The molecule has 6 nitrogen and oxygen atoms in total. The summed E-state index contributed by atoms with van der Waals surface area (Å²) in [6.07, 6.45) is 6.17. The topological polar surface area (TPSA) is 34.2 Å². The third-order valence-electron chi connectivity index (χ3n) is 10.6. The van der Waals surface area contributed by atoms with E-state index in [1.165, 1.54) is 65.6 Å². The van der Waals surface area contributed by atoms with E-state index >= 15 is 0 Å². The Hall–Kier alpha value is -6.79. The minimum Gasteiger partial charge on any atom is -0.361 e. The number of para-hydroxylation sites is 3. The van der Waals surface area contributed by atoms with Crippen LogP contribution in [0.1, 0.15) is 0 Å². The van der Waals surface area contributed by atoms with E-state index in [2.05, 4.69) is 182 Å². The van der Waals surface area contributed by atoms with Crippen LogP contribution in [0.25, 0.3) is 82.6 Å². The average Bonchev–Trinajstić information content (AvgIpc) is 3.94. The second-order valence-corrected chi connectivity index (χ2v) is 13.5. The van der Waals surface area contributed by atoms with E-state index in [0.717, 1.165) is 29.4 Å². The first-order valence-electron chi connectivity index (χ1n) is 17.4. The number of rotatable bonds is 4. The van der Waals surface area contributed by atoms with Gasteiger partial charge in [-0.25, -0.2) is 4.98 Å². The monoisotopic (exact) mass is 656 g/mol. The van der Waals surface area contributed by atoms with Crippen LogP contribution in [0, 0.1) is 0 Å². The van der Waals surface area contributed by atoms with Gasteiger partial charge in [0.25, 0.3) is 0 Å². The Balaban J connectivity index is 1.25. The van der Waals surface area contributed by atoms with Crippen LogP contribution < -0.4 is 4.90 Å². The molecule has 0 fully saturated rings. The lowest BCUT2D eigenvalue weighted by molar-refractivity contribution is 0.496. The van der Waals surface area contributed by atoms with Gasteiger partial charge in [-0.05, 0) is 66.7 Å². The summed E-state index contributed by atoms with van der Waals surface area (Å²) in [6.45, 7) is 0.830. The number of benzene rings is 6. The normalized spacial score (nSPS) is 13.4. The number of hydrogen-bond donors (Lipinski definition) is 0. The summed E-state index contributed by atoms with van der Waals surface area (Å²) in [7, 11) is 2.11. The second-order valence-electron chi connectivity index (χ2n) is 13.5. The highest BCUT2D eigenvalue weighted by Gasteiger charge is 2.23. The maximum absolute atomic E-state index is 4.96. The summed E-state index contributed by atoms with van der Waals surface area (Å²) in [5.41, 5.74) is 10.5. The van der Waals surface area contributed by atoms with Crippen LogP contribution in [0.15, 0.2) is 164 Å². The lowest BCUT2D eigenvalue weighted by Crippen LogP contribution is -2.21. The molecule has 0 bridgehead atoms. The summed E-state index contributed by atoms with van der Waals surface area (Å²) in [5.74, 6) is 0.896.